The number of hydrogen-bond donors (Lipinski definition) is 0. The van der Waals surface area contributed by atoms with Gasteiger partial charge in [0.25, 0.3) is 5.56 Å². The number of fused-ring (bicyclic) bond motifs is 1. The highest BCUT2D eigenvalue weighted by atomic mass is 16.6. The maximum atomic E-state index is 13.7. The predicted molar refractivity (Wildman–Crippen MR) is 124 cm³/mol. The largest absolute Gasteiger partial charge is 0.444 e. The molecule has 1 aliphatic rings. The molecule has 0 bridgehead atoms. The fourth-order valence-corrected chi connectivity index (χ4v) is 4.15. The lowest BCUT2D eigenvalue weighted by Crippen LogP contribution is -2.42. The lowest BCUT2D eigenvalue weighted by atomic mass is 9.90. The van der Waals surface area contributed by atoms with Crippen LogP contribution in [0.1, 0.15) is 62.3 Å². The molecule has 1 amide bonds. The van der Waals surface area contributed by atoms with Crippen molar-refractivity contribution < 1.29 is 9.53 Å². The van der Waals surface area contributed by atoms with Crippen molar-refractivity contribution in [3.8, 4) is 0 Å². The highest BCUT2D eigenvalue weighted by Gasteiger charge is 2.29. The van der Waals surface area contributed by atoms with E-state index in [9.17, 15) is 9.59 Å². The van der Waals surface area contributed by atoms with Crippen LogP contribution in [0.5, 0.6) is 0 Å². The Hall–Kier alpha value is -3.36. The Balaban J connectivity index is 1.66. The van der Waals surface area contributed by atoms with Crippen molar-refractivity contribution >= 4 is 17.1 Å². The van der Waals surface area contributed by atoms with Gasteiger partial charge < -0.3 is 9.64 Å². The summed E-state index contributed by atoms with van der Waals surface area (Å²) in [6.45, 7) is 10.6. The number of amides is 1. The molecule has 0 aromatic carbocycles. The van der Waals surface area contributed by atoms with Gasteiger partial charge >= 0.3 is 6.09 Å². The van der Waals surface area contributed by atoms with Crippen LogP contribution in [0.15, 0.2) is 29.5 Å². The molecule has 0 aliphatic carbocycles. The number of nitrogens with zero attached hydrogens (tertiary/aromatic N) is 6. The molecule has 4 heterocycles. The summed E-state index contributed by atoms with van der Waals surface area (Å²) in [7, 11) is 0. The molecule has 1 fully saturated rings. The molecule has 1 aliphatic heterocycles. The van der Waals surface area contributed by atoms with Crippen molar-refractivity contribution in [1.29, 1.82) is 0 Å². The first kappa shape index (κ1) is 22.8. The van der Waals surface area contributed by atoms with E-state index in [-0.39, 0.29) is 24.1 Å². The molecular formula is C24H30N6O3. The average Bonchev–Trinajstić information content (AvgIpc) is 2.76. The summed E-state index contributed by atoms with van der Waals surface area (Å²) in [5.41, 5.74) is 2.21. The number of carbonyl (C=O) groups excluding carboxylic acids is 1. The van der Waals surface area contributed by atoms with Crippen LogP contribution >= 0.6 is 0 Å². The minimum absolute atomic E-state index is 0.0381. The molecule has 0 saturated carbocycles. The third kappa shape index (κ3) is 5.02. The zero-order valence-corrected chi connectivity index (χ0v) is 19.8. The van der Waals surface area contributed by atoms with Crippen LogP contribution in [-0.2, 0) is 11.3 Å². The lowest BCUT2D eigenvalue weighted by molar-refractivity contribution is 0.0204. The Morgan fingerprint density at radius 1 is 1.12 bits per heavy atom. The Morgan fingerprint density at radius 2 is 1.82 bits per heavy atom. The van der Waals surface area contributed by atoms with Crippen LogP contribution in [0.25, 0.3) is 11.0 Å². The van der Waals surface area contributed by atoms with Crippen molar-refractivity contribution in [3.63, 3.8) is 0 Å². The van der Waals surface area contributed by atoms with Crippen molar-refractivity contribution in [1.82, 2.24) is 29.4 Å². The van der Waals surface area contributed by atoms with Crippen molar-refractivity contribution in [2.45, 2.75) is 65.5 Å². The Labute approximate surface area is 192 Å². The van der Waals surface area contributed by atoms with Gasteiger partial charge in [0.1, 0.15) is 17.1 Å². The second-order valence-corrected chi connectivity index (χ2v) is 9.52. The number of ether oxygens (including phenoxy) is 1. The number of pyridine rings is 1. The van der Waals surface area contributed by atoms with E-state index in [4.69, 9.17) is 4.74 Å². The number of piperidine rings is 1. The van der Waals surface area contributed by atoms with E-state index >= 15 is 0 Å². The van der Waals surface area contributed by atoms with Gasteiger partial charge in [0.15, 0.2) is 0 Å². The van der Waals surface area contributed by atoms with E-state index in [1.807, 2.05) is 40.7 Å². The quantitative estimate of drug-likeness (QED) is 0.603. The number of aryl methyl sites for hydroxylation is 2. The van der Waals surface area contributed by atoms with Gasteiger partial charge in [0, 0.05) is 42.6 Å². The van der Waals surface area contributed by atoms with E-state index in [0.29, 0.717) is 37.4 Å². The molecule has 0 unspecified atom stereocenters. The molecule has 9 heteroatoms. The van der Waals surface area contributed by atoms with E-state index in [0.717, 1.165) is 22.3 Å². The molecule has 0 spiro atoms. The maximum absolute atomic E-state index is 13.7. The summed E-state index contributed by atoms with van der Waals surface area (Å²) in [5, 5.41) is 0.811. The zero-order chi connectivity index (χ0) is 23.8. The first-order valence-electron chi connectivity index (χ1n) is 11.2. The number of rotatable bonds is 3. The summed E-state index contributed by atoms with van der Waals surface area (Å²) in [6, 6.07) is 1.91. The second kappa shape index (κ2) is 8.88. The van der Waals surface area contributed by atoms with E-state index in [1.165, 1.54) is 0 Å². The highest BCUT2D eigenvalue weighted by molar-refractivity contribution is 5.75. The number of hydrogen-bond acceptors (Lipinski definition) is 7. The fraction of sp³-hybridized carbons (Fsp3) is 0.500. The molecule has 0 atom stereocenters. The minimum atomic E-state index is -0.531. The number of carbonyl (C=O) groups is 1. The molecule has 4 rings (SSSR count). The summed E-state index contributed by atoms with van der Waals surface area (Å²) in [6.07, 6.45) is 6.11. The SMILES string of the molecule is Cc1ncc2cc(C3CCN(C(=O)OC(C)(C)C)CC3)c(=O)n(Cc3nccnc3C)c2n1. The molecule has 0 N–H and O–H groups in total. The molecule has 9 nitrogen and oxygen atoms in total. The number of aromatic nitrogens is 5. The van der Waals surface area contributed by atoms with Gasteiger partial charge in [-0.15, -0.1) is 0 Å². The van der Waals surface area contributed by atoms with E-state index in [2.05, 4.69) is 19.9 Å². The van der Waals surface area contributed by atoms with Crippen LogP contribution in [0.2, 0.25) is 0 Å². The van der Waals surface area contributed by atoms with Crippen LogP contribution in [0, 0.1) is 13.8 Å². The summed E-state index contributed by atoms with van der Waals surface area (Å²) >= 11 is 0. The number of likely N-dealkylation sites (tertiary alicyclic amines) is 1. The molecule has 3 aromatic rings. The zero-order valence-electron chi connectivity index (χ0n) is 19.8. The molecule has 33 heavy (non-hydrogen) atoms. The normalized spacial score (nSPS) is 15.1. The van der Waals surface area contributed by atoms with Gasteiger partial charge in [-0.25, -0.2) is 14.8 Å². The average molecular weight is 451 g/mol. The van der Waals surface area contributed by atoms with Gasteiger partial charge in [-0.2, -0.15) is 0 Å². The van der Waals surface area contributed by atoms with E-state index < -0.39 is 5.60 Å². The van der Waals surface area contributed by atoms with Gasteiger partial charge in [-0.05, 0) is 59.4 Å². The van der Waals surface area contributed by atoms with Crippen molar-refractivity contribution in [2.24, 2.45) is 0 Å². The smallest absolute Gasteiger partial charge is 0.410 e. The van der Waals surface area contributed by atoms with Gasteiger partial charge in [0.2, 0.25) is 0 Å². The van der Waals surface area contributed by atoms with Gasteiger partial charge in [-0.1, -0.05) is 0 Å². The highest BCUT2D eigenvalue weighted by Crippen LogP contribution is 2.28. The van der Waals surface area contributed by atoms with Crippen LogP contribution in [-0.4, -0.2) is 54.2 Å². The van der Waals surface area contributed by atoms with Crippen molar-refractivity contribution in [2.75, 3.05) is 13.1 Å². The summed E-state index contributed by atoms with van der Waals surface area (Å²) < 4.78 is 7.18. The standard InChI is InChI=1S/C24H30N6O3/c1-15-20(26-9-8-25-15)14-30-21-18(13-27-16(2)28-21)12-19(22(30)31)17-6-10-29(11-7-17)23(32)33-24(3,4)5/h8-9,12-13,17H,6-7,10-11,14H2,1-5H3. The van der Waals surface area contributed by atoms with Gasteiger partial charge in [0.05, 0.1) is 17.9 Å². The third-order valence-electron chi connectivity index (χ3n) is 5.85. The van der Waals surface area contributed by atoms with Crippen LogP contribution in [0.3, 0.4) is 0 Å². The van der Waals surface area contributed by atoms with Crippen LogP contribution < -0.4 is 5.56 Å². The Morgan fingerprint density at radius 3 is 2.48 bits per heavy atom. The Bertz CT molecular complexity index is 1240. The van der Waals surface area contributed by atoms with Crippen LogP contribution in [0.4, 0.5) is 4.79 Å². The fourth-order valence-electron chi connectivity index (χ4n) is 4.15. The summed E-state index contributed by atoms with van der Waals surface area (Å²) in [4.78, 5) is 45.4. The molecule has 0 radical (unpaired) electrons. The third-order valence-corrected chi connectivity index (χ3v) is 5.85. The van der Waals surface area contributed by atoms with Crippen molar-refractivity contribution in [3.05, 3.63) is 57.8 Å². The molecule has 1 saturated heterocycles. The lowest BCUT2D eigenvalue weighted by Gasteiger charge is -2.33. The first-order valence-corrected chi connectivity index (χ1v) is 11.2. The second-order valence-electron chi connectivity index (χ2n) is 9.52. The predicted octanol–water partition coefficient (Wildman–Crippen LogP) is 3.36. The van der Waals surface area contributed by atoms with E-state index in [1.54, 1.807) is 28.1 Å². The van der Waals surface area contributed by atoms with Gasteiger partial charge in [-0.3, -0.25) is 19.3 Å². The monoisotopic (exact) mass is 450 g/mol. The summed E-state index contributed by atoms with van der Waals surface area (Å²) in [5.74, 6) is 0.640. The molecular weight excluding hydrogens is 420 g/mol. The topological polar surface area (TPSA) is 103 Å². The molecule has 3 aromatic heterocycles. The minimum Gasteiger partial charge on any atom is -0.444 e. The Kier molecular flexibility index (Phi) is 6.14. The maximum Gasteiger partial charge on any atom is 0.410 e. The molecule has 174 valence electrons. The first-order chi connectivity index (χ1) is 15.6.